The van der Waals surface area contributed by atoms with Crippen molar-refractivity contribution in [3.8, 4) is 0 Å². The molecule has 8 nitrogen and oxygen atoms in total. The van der Waals surface area contributed by atoms with Gasteiger partial charge in [-0.3, -0.25) is 28.7 Å². The third kappa shape index (κ3) is 4.36. The van der Waals surface area contributed by atoms with Crippen LogP contribution in [0, 0.1) is 5.92 Å². The predicted molar refractivity (Wildman–Crippen MR) is 159 cm³/mol. The van der Waals surface area contributed by atoms with Gasteiger partial charge >= 0.3 is 4.87 Å². The number of thioether (sulfide) groups is 1. The van der Waals surface area contributed by atoms with Crippen molar-refractivity contribution in [2.45, 2.75) is 22.7 Å². The van der Waals surface area contributed by atoms with Gasteiger partial charge in [-0.05, 0) is 46.7 Å². The topological polar surface area (TPSA) is 101 Å². The van der Waals surface area contributed by atoms with Crippen LogP contribution in [0.2, 0.25) is 0 Å². The van der Waals surface area contributed by atoms with E-state index in [0.29, 0.717) is 21.3 Å². The van der Waals surface area contributed by atoms with E-state index in [9.17, 15) is 19.2 Å². The molecule has 7 rings (SSSR count). The van der Waals surface area contributed by atoms with Crippen molar-refractivity contribution in [2.24, 2.45) is 5.92 Å². The molecule has 10 heteroatoms. The molecule has 1 saturated heterocycles. The zero-order chi connectivity index (χ0) is 28.1. The van der Waals surface area contributed by atoms with Gasteiger partial charge in [-0.25, -0.2) is 4.90 Å². The molecular weight excluding hydrogens is 556 g/mol. The highest BCUT2D eigenvalue weighted by atomic mass is 32.2. The van der Waals surface area contributed by atoms with Crippen LogP contribution in [0.5, 0.6) is 0 Å². The van der Waals surface area contributed by atoms with Crippen LogP contribution in [0.3, 0.4) is 0 Å². The second-order valence-corrected chi connectivity index (χ2v) is 12.0. The number of para-hydroxylation sites is 1. The molecule has 3 aromatic carbocycles. The minimum absolute atomic E-state index is 0.216. The molecule has 2 aliphatic heterocycles. The summed E-state index contributed by atoms with van der Waals surface area (Å²) in [7, 11) is 0. The highest BCUT2D eigenvalue weighted by molar-refractivity contribution is 8.00. The lowest BCUT2D eigenvalue weighted by Crippen LogP contribution is -2.33. The maximum absolute atomic E-state index is 13.8. The van der Waals surface area contributed by atoms with Gasteiger partial charge in [-0.15, -0.1) is 0 Å². The fourth-order valence-corrected chi connectivity index (χ4v) is 8.39. The van der Waals surface area contributed by atoms with E-state index in [1.165, 1.54) is 21.2 Å². The summed E-state index contributed by atoms with van der Waals surface area (Å²) in [6.45, 7) is -0.216. The third-order valence-electron chi connectivity index (χ3n) is 7.44. The number of nitrogens with one attached hydrogen (secondary N) is 1. The predicted octanol–water partition coefficient (Wildman–Crippen LogP) is 4.89. The quantitative estimate of drug-likeness (QED) is 0.298. The van der Waals surface area contributed by atoms with Crippen molar-refractivity contribution in [3.63, 3.8) is 0 Å². The Hall–Kier alpha value is -4.54. The van der Waals surface area contributed by atoms with Crippen LogP contribution < -0.4 is 15.1 Å². The maximum Gasteiger partial charge on any atom is 0.308 e. The summed E-state index contributed by atoms with van der Waals surface area (Å²) in [6.07, 6.45) is 3.31. The standard InChI is InChI=1S/C31H22N4O4S2/c36-23(33-21-13-12-18-7-4-5-8-19(18)15-21)17-34-30-27(41-31(34)39)24(20-9-6-14-32-16-20)25-26(40-30)29(38)35(28(25)37)22-10-2-1-3-11-22/h1-16,24-26H,17H2,(H,33,36)/t24-,25?,26?/m1/s1. The van der Waals surface area contributed by atoms with Gasteiger partial charge in [0.1, 0.15) is 11.8 Å². The molecule has 2 aromatic heterocycles. The number of pyridine rings is 1. The Bertz CT molecular complexity index is 1890. The van der Waals surface area contributed by atoms with E-state index in [1.54, 1.807) is 42.7 Å². The zero-order valence-corrected chi connectivity index (χ0v) is 23.1. The Kier molecular flexibility index (Phi) is 6.29. The van der Waals surface area contributed by atoms with E-state index in [4.69, 9.17) is 0 Å². The number of rotatable bonds is 5. The molecule has 0 aliphatic carbocycles. The number of hydrogen-bond acceptors (Lipinski definition) is 7. The minimum atomic E-state index is -0.746. The molecule has 2 unspecified atom stereocenters. The Morgan fingerprint density at radius 2 is 1.66 bits per heavy atom. The van der Waals surface area contributed by atoms with E-state index in [0.717, 1.165) is 27.7 Å². The normalized spacial score (nSPS) is 19.7. The number of fused-ring (bicyclic) bond motifs is 3. The van der Waals surface area contributed by atoms with Crippen LogP contribution in [0.15, 0.2) is 107 Å². The van der Waals surface area contributed by atoms with Crippen LogP contribution in [-0.4, -0.2) is 32.5 Å². The molecule has 3 atom stereocenters. The lowest BCUT2D eigenvalue weighted by molar-refractivity contribution is -0.122. The van der Waals surface area contributed by atoms with Crippen molar-refractivity contribution < 1.29 is 14.4 Å². The lowest BCUT2D eigenvalue weighted by Gasteiger charge is -2.30. The van der Waals surface area contributed by atoms with Crippen LogP contribution >= 0.6 is 23.1 Å². The Balaban J connectivity index is 1.25. The van der Waals surface area contributed by atoms with Crippen molar-refractivity contribution >= 4 is 63.0 Å². The summed E-state index contributed by atoms with van der Waals surface area (Å²) in [5.74, 6) is -2.25. The molecular formula is C31H22N4O4S2. The number of nitrogens with zero attached hydrogens (tertiary/aromatic N) is 3. The minimum Gasteiger partial charge on any atom is -0.325 e. The van der Waals surface area contributed by atoms with Crippen molar-refractivity contribution in [2.75, 3.05) is 10.2 Å². The van der Waals surface area contributed by atoms with Gasteiger partial charge in [0.15, 0.2) is 0 Å². The molecule has 4 heterocycles. The average molecular weight is 579 g/mol. The first kappa shape index (κ1) is 25.4. The first-order chi connectivity index (χ1) is 20.0. The molecule has 0 bridgehead atoms. The van der Waals surface area contributed by atoms with Crippen molar-refractivity contribution in [1.29, 1.82) is 0 Å². The number of carbonyl (C=O) groups excluding carboxylic acids is 3. The highest BCUT2D eigenvalue weighted by Crippen LogP contribution is 2.53. The summed E-state index contributed by atoms with van der Waals surface area (Å²) in [6, 6.07) is 26.0. The summed E-state index contributed by atoms with van der Waals surface area (Å²) < 4.78 is 1.42. The van der Waals surface area contributed by atoms with E-state index < -0.39 is 17.1 Å². The van der Waals surface area contributed by atoms with Crippen LogP contribution in [0.4, 0.5) is 11.4 Å². The number of hydrogen-bond donors (Lipinski definition) is 1. The Labute approximate surface area is 242 Å². The number of carbonyl (C=O) groups is 3. The first-order valence-electron chi connectivity index (χ1n) is 13.0. The Morgan fingerprint density at radius 1 is 0.878 bits per heavy atom. The fraction of sp³-hybridized carbons (Fsp3) is 0.129. The van der Waals surface area contributed by atoms with Gasteiger partial charge in [0.05, 0.1) is 16.6 Å². The van der Waals surface area contributed by atoms with Gasteiger partial charge in [-0.1, -0.05) is 77.7 Å². The molecule has 41 heavy (non-hydrogen) atoms. The fourth-order valence-electron chi connectivity index (χ4n) is 5.62. The number of anilines is 2. The molecule has 5 aromatic rings. The lowest BCUT2D eigenvalue weighted by atomic mass is 9.84. The molecule has 1 N–H and O–H groups in total. The third-order valence-corrected chi connectivity index (χ3v) is 10.0. The smallest absolute Gasteiger partial charge is 0.308 e. The molecule has 0 radical (unpaired) electrons. The molecule has 3 amide bonds. The van der Waals surface area contributed by atoms with Crippen LogP contribution in [-0.2, 0) is 20.9 Å². The van der Waals surface area contributed by atoms with Gasteiger partial charge < -0.3 is 5.32 Å². The zero-order valence-electron chi connectivity index (χ0n) is 21.5. The van der Waals surface area contributed by atoms with E-state index in [1.807, 2.05) is 54.6 Å². The molecule has 0 spiro atoms. The maximum atomic E-state index is 13.8. The summed E-state index contributed by atoms with van der Waals surface area (Å²) in [4.78, 5) is 59.9. The molecule has 2 aliphatic rings. The van der Waals surface area contributed by atoms with E-state index in [-0.39, 0.29) is 29.1 Å². The molecule has 1 fully saturated rings. The highest BCUT2D eigenvalue weighted by Gasteiger charge is 2.56. The monoisotopic (exact) mass is 578 g/mol. The number of benzene rings is 3. The summed E-state index contributed by atoms with van der Waals surface area (Å²) >= 11 is 2.21. The molecule has 0 saturated carbocycles. The van der Waals surface area contributed by atoms with Crippen molar-refractivity contribution in [1.82, 2.24) is 9.55 Å². The summed E-state index contributed by atoms with van der Waals surface area (Å²) in [5, 5.41) is 4.74. The Morgan fingerprint density at radius 3 is 2.44 bits per heavy atom. The number of amides is 3. The van der Waals surface area contributed by atoms with Gasteiger partial charge in [0.2, 0.25) is 17.7 Å². The first-order valence-corrected chi connectivity index (χ1v) is 14.7. The van der Waals surface area contributed by atoms with E-state index in [2.05, 4.69) is 10.3 Å². The second kappa shape index (κ2) is 10.1. The second-order valence-electron chi connectivity index (χ2n) is 9.91. The van der Waals surface area contributed by atoms with Gasteiger partial charge in [-0.2, -0.15) is 0 Å². The van der Waals surface area contributed by atoms with Gasteiger partial charge in [0, 0.05) is 28.9 Å². The van der Waals surface area contributed by atoms with Crippen LogP contribution in [0.25, 0.3) is 10.8 Å². The van der Waals surface area contributed by atoms with E-state index >= 15 is 0 Å². The largest absolute Gasteiger partial charge is 0.325 e. The SMILES string of the molecule is O=C(Cn1c2c(sc1=O)[C@H](c1cccnc1)C1C(=O)N(c3ccccc3)C(=O)C1S2)Nc1ccc2ccccc2c1. The van der Waals surface area contributed by atoms with Gasteiger partial charge in [0.25, 0.3) is 0 Å². The van der Waals surface area contributed by atoms with Crippen LogP contribution in [0.1, 0.15) is 16.4 Å². The number of thiazole rings is 1. The number of imide groups is 1. The summed E-state index contributed by atoms with van der Waals surface area (Å²) in [5.41, 5.74) is 1.88. The van der Waals surface area contributed by atoms with Crippen molar-refractivity contribution in [3.05, 3.63) is 117 Å². The average Bonchev–Trinajstić information content (AvgIpc) is 3.44. The molecule has 202 valence electrons. The number of aromatic nitrogens is 2.